The Morgan fingerprint density at radius 1 is 1.23 bits per heavy atom. The predicted molar refractivity (Wildman–Crippen MR) is 150 cm³/mol. The molecule has 10 nitrogen and oxygen atoms in total. The summed E-state index contributed by atoms with van der Waals surface area (Å²) in [7, 11) is 1.86. The molecule has 0 saturated carbocycles. The third-order valence-electron chi connectivity index (χ3n) is 7.47. The molecule has 2 aromatic heterocycles. The molecule has 0 radical (unpaired) electrons. The summed E-state index contributed by atoms with van der Waals surface area (Å²) in [5.41, 5.74) is 8.14. The fraction of sp³-hybridized carbons (Fsp3) is 0.367. The van der Waals surface area contributed by atoms with Gasteiger partial charge in [0.15, 0.2) is 0 Å². The van der Waals surface area contributed by atoms with Crippen molar-refractivity contribution < 1.29 is 24.5 Å². The molecule has 0 bridgehead atoms. The number of ether oxygens (including phenoxy) is 1. The molecular weight excluding hydrogens is 510 g/mol. The highest BCUT2D eigenvalue weighted by atomic mass is 16.5. The van der Waals surface area contributed by atoms with Gasteiger partial charge in [0.05, 0.1) is 11.9 Å². The van der Waals surface area contributed by atoms with Crippen LogP contribution < -0.4 is 4.74 Å². The normalized spacial score (nSPS) is 15.8. The maximum atomic E-state index is 12.0. The molecule has 0 saturated heterocycles. The molecule has 0 fully saturated rings. The van der Waals surface area contributed by atoms with Gasteiger partial charge >= 0.3 is 5.97 Å². The van der Waals surface area contributed by atoms with Crippen molar-refractivity contribution >= 4 is 23.5 Å². The first-order valence-electron chi connectivity index (χ1n) is 13.3. The number of fused-ring (bicyclic) bond motifs is 2. The minimum absolute atomic E-state index is 0.00359. The Kier molecular flexibility index (Phi) is 9.11. The Bertz CT molecular complexity index is 1500. The lowest BCUT2D eigenvalue weighted by Gasteiger charge is -2.25. The van der Waals surface area contributed by atoms with E-state index in [4.69, 9.17) is 14.6 Å². The van der Waals surface area contributed by atoms with Crippen molar-refractivity contribution in [1.29, 1.82) is 0 Å². The number of aliphatic carboxylic acids is 1. The van der Waals surface area contributed by atoms with Gasteiger partial charge in [-0.15, -0.1) is 5.10 Å². The average Bonchev–Trinajstić information content (AvgIpc) is 3.21. The van der Waals surface area contributed by atoms with Gasteiger partial charge in [-0.25, -0.2) is 4.68 Å². The van der Waals surface area contributed by atoms with E-state index in [9.17, 15) is 9.90 Å². The van der Waals surface area contributed by atoms with Crippen LogP contribution in [0.5, 0.6) is 5.75 Å². The molecule has 210 valence electrons. The number of aromatic nitrogens is 4. The molecule has 10 heteroatoms. The van der Waals surface area contributed by atoms with Crippen molar-refractivity contribution in [1.82, 2.24) is 24.9 Å². The van der Waals surface area contributed by atoms with Crippen LogP contribution >= 0.6 is 0 Å². The van der Waals surface area contributed by atoms with Gasteiger partial charge in [-0.1, -0.05) is 36.4 Å². The third-order valence-corrected chi connectivity index (χ3v) is 7.47. The van der Waals surface area contributed by atoms with E-state index in [2.05, 4.69) is 52.2 Å². The first kappa shape index (κ1) is 28.7. The van der Waals surface area contributed by atoms with Gasteiger partial charge in [-0.2, -0.15) is 0 Å². The van der Waals surface area contributed by atoms with Crippen LogP contribution in [-0.4, -0.2) is 60.2 Å². The number of rotatable bonds is 7. The molecule has 2 atom stereocenters. The van der Waals surface area contributed by atoms with Crippen LogP contribution in [0.4, 0.5) is 0 Å². The number of benzene rings is 2. The summed E-state index contributed by atoms with van der Waals surface area (Å²) >= 11 is 0. The fourth-order valence-electron chi connectivity index (χ4n) is 5.32. The topological polar surface area (TPSA) is 131 Å². The van der Waals surface area contributed by atoms with Gasteiger partial charge in [0.2, 0.25) is 0 Å². The summed E-state index contributed by atoms with van der Waals surface area (Å²) in [5, 5.41) is 25.2. The monoisotopic (exact) mass is 545 g/mol. The first-order chi connectivity index (χ1) is 19.2. The summed E-state index contributed by atoms with van der Waals surface area (Å²) in [6.07, 6.45) is 4.69. The molecule has 0 unspecified atom stereocenters. The number of carboxylic acid groups (broad SMARTS) is 2. The van der Waals surface area contributed by atoms with E-state index in [1.807, 2.05) is 38.4 Å². The second-order valence-electron chi connectivity index (χ2n) is 10.1. The molecule has 1 aliphatic heterocycles. The van der Waals surface area contributed by atoms with Crippen LogP contribution in [0.2, 0.25) is 0 Å². The summed E-state index contributed by atoms with van der Waals surface area (Å²) in [5.74, 6) is -0.208. The van der Waals surface area contributed by atoms with Crippen LogP contribution in [0.1, 0.15) is 59.1 Å². The molecule has 3 heterocycles. The Labute approximate surface area is 233 Å². The van der Waals surface area contributed by atoms with E-state index >= 15 is 0 Å². The van der Waals surface area contributed by atoms with Crippen molar-refractivity contribution in [3.8, 4) is 5.75 Å². The molecule has 40 heavy (non-hydrogen) atoms. The fourth-order valence-corrected chi connectivity index (χ4v) is 5.32. The van der Waals surface area contributed by atoms with E-state index in [0.717, 1.165) is 65.1 Å². The number of hydrogen-bond acceptors (Lipinski definition) is 7. The zero-order valence-corrected chi connectivity index (χ0v) is 23.2. The summed E-state index contributed by atoms with van der Waals surface area (Å²) < 4.78 is 8.00. The van der Waals surface area contributed by atoms with E-state index in [1.165, 1.54) is 11.1 Å². The molecule has 0 amide bonds. The number of carbonyl (C=O) groups is 2. The van der Waals surface area contributed by atoms with Gasteiger partial charge in [0, 0.05) is 50.6 Å². The predicted octanol–water partition coefficient (Wildman–Crippen LogP) is 4.46. The summed E-state index contributed by atoms with van der Waals surface area (Å²) in [6.45, 7) is 8.33. The molecule has 5 rings (SSSR count). The van der Waals surface area contributed by atoms with Gasteiger partial charge in [-0.05, 0) is 60.2 Å². The van der Waals surface area contributed by atoms with Crippen molar-refractivity contribution in [3.05, 3.63) is 82.2 Å². The van der Waals surface area contributed by atoms with E-state index in [1.54, 1.807) is 10.9 Å². The van der Waals surface area contributed by atoms with Crippen molar-refractivity contribution in [2.24, 2.45) is 7.05 Å². The minimum atomic E-state index is -0.828. The average molecular weight is 546 g/mol. The first-order valence-corrected chi connectivity index (χ1v) is 13.3. The number of aryl methyl sites for hydroxylation is 3. The molecule has 4 aromatic rings. The van der Waals surface area contributed by atoms with E-state index in [0.29, 0.717) is 0 Å². The van der Waals surface area contributed by atoms with E-state index < -0.39 is 5.97 Å². The van der Waals surface area contributed by atoms with Crippen LogP contribution in [0.25, 0.3) is 11.0 Å². The Hall–Kier alpha value is -4.31. The second-order valence-corrected chi connectivity index (χ2v) is 10.1. The van der Waals surface area contributed by atoms with Crippen molar-refractivity contribution in [3.63, 3.8) is 0 Å². The second kappa shape index (κ2) is 12.7. The zero-order chi connectivity index (χ0) is 28.8. The lowest BCUT2D eigenvalue weighted by Crippen LogP contribution is -2.32. The largest absolute Gasteiger partial charge is 0.489 e. The van der Waals surface area contributed by atoms with Gasteiger partial charge in [-0.3, -0.25) is 19.5 Å². The van der Waals surface area contributed by atoms with Crippen LogP contribution in [0, 0.1) is 13.8 Å². The maximum absolute atomic E-state index is 12.0. The zero-order valence-electron chi connectivity index (χ0n) is 23.2. The highest BCUT2D eigenvalue weighted by Crippen LogP contribution is 2.35. The Morgan fingerprint density at radius 3 is 2.73 bits per heavy atom. The van der Waals surface area contributed by atoms with Crippen LogP contribution in [-0.2, 0) is 29.7 Å². The molecule has 2 aromatic carbocycles. The van der Waals surface area contributed by atoms with Crippen LogP contribution in [0.15, 0.2) is 48.8 Å². The van der Waals surface area contributed by atoms with Crippen LogP contribution in [0.3, 0.4) is 0 Å². The highest BCUT2D eigenvalue weighted by molar-refractivity contribution is 5.80. The van der Waals surface area contributed by atoms with Gasteiger partial charge in [0.25, 0.3) is 6.47 Å². The quantitative estimate of drug-likeness (QED) is 0.323. The van der Waals surface area contributed by atoms with Crippen molar-refractivity contribution in [2.75, 3.05) is 6.54 Å². The standard InChI is InChI=1S/C29H33N5O3.CH2O2/c1-5-23-17-34(16-22-14-30-11-10-27(22)37-23)15-21-12-20(7-6-18(21)2)25(13-28(35)36)24-8-9-26-29(19(24)3)31-32-33(26)4;2-1-3/h6-12,14,23,25H,5,13,15-17H2,1-4H3,(H,35,36);1H,(H,2,3)/t23-,25-;/m1./s1. The number of pyridine rings is 1. The van der Waals surface area contributed by atoms with E-state index in [-0.39, 0.29) is 24.9 Å². The lowest BCUT2D eigenvalue weighted by molar-refractivity contribution is -0.137. The molecule has 0 aliphatic carbocycles. The molecular formula is C30H35N5O5. The van der Waals surface area contributed by atoms with Gasteiger partial charge in [0.1, 0.15) is 17.4 Å². The maximum Gasteiger partial charge on any atom is 0.304 e. The number of nitrogens with zero attached hydrogens (tertiary/aromatic N) is 5. The van der Waals surface area contributed by atoms with Gasteiger partial charge < -0.3 is 14.9 Å². The van der Waals surface area contributed by atoms with Crippen molar-refractivity contribution in [2.45, 2.75) is 58.7 Å². The number of hydrogen-bond donors (Lipinski definition) is 2. The molecule has 2 N–H and O–H groups in total. The molecule has 1 aliphatic rings. The minimum Gasteiger partial charge on any atom is -0.489 e. The summed E-state index contributed by atoms with van der Waals surface area (Å²) in [6, 6.07) is 12.3. The molecule has 0 spiro atoms. The SMILES string of the molecule is CC[C@@H]1CN(Cc2cc([C@@H](CC(=O)O)c3ccc4c(nnn4C)c3C)ccc2C)Cc2cnccc2O1.O=CO. The Balaban J connectivity index is 0.00000118. The number of carboxylic acids is 1. The summed E-state index contributed by atoms with van der Waals surface area (Å²) in [4.78, 5) is 27.0. The lowest BCUT2D eigenvalue weighted by atomic mass is 9.84. The third kappa shape index (κ3) is 6.28. The highest BCUT2D eigenvalue weighted by Gasteiger charge is 2.25. The smallest absolute Gasteiger partial charge is 0.304 e. The Morgan fingerprint density at radius 2 is 2.00 bits per heavy atom.